The Morgan fingerprint density at radius 2 is 2.33 bits per heavy atom. The third-order valence-electron chi connectivity index (χ3n) is 2.09. The van der Waals surface area contributed by atoms with Gasteiger partial charge in [-0.2, -0.15) is 0 Å². The molecule has 0 atom stereocenters. The van der Waals surface area contributed by atoms with Gasteiger partial charge in [-0.15, -0.1) is 0 Å². The molecule has 0 aliphatic heterocycles. The van der Waals surface area contributed by atoms with Crippen LogP contribution in [0.1, 0.15) is 11.4 Å². The zero-order valence-electron chi connectivity index (χ0n) is 8.29. The first-order valence-corrected chi connectivity index (χ1v) is 4.99. The molecule has 0 radical (unpaired) electrons. The first-order chi connectivity index (χ1) is 7.25. The fourth-order valence-corrected chi connectivity index (χ4v) is 1.41. The van der Waals surface area contributed by atoms with Crippen molar-refractivity contribution in [2.75, 3.05) is 5.32 Å². The van der Waals surface area contributed by atoms with Gasteiger partial charge in [-0.05, 0) is 19.1 Å². The van der Waals surface area contributed by atoms with E-state index in [-0.39, 0.29) is 0 Å². The zero-order valence-corrected chi connectivity index (χ0v) is 9.04. The highest BCUT2D eigenvalue weighted by molar-refractivity contribution is 6.29. The Hall–Kier alpha value is -1.55. The summed E-state index contributed by atoms with van der Waals surface area (Å²) in [5.41, 5.74) is 2.04. The Morgan fingerprint density at radius 3 is 3.00 bits per heavy atom. The lowest BCUT2D eigenvalue weighted by molar-refractivity contribution is 1.03. The second kappa shape index (κ2) is 4.31. The highest BCUT2D eigenvalue weighted by Crippen LogP contribution is 2.10. The van der Waals surface area contributed by atoms with Crippen LogP contribution in [0.2, 0.25) is 5.15 Å². The van der Waals surface area contributed by atoms with E-state index < -0.39 is 0 Å². The van der Waals surface area contributed by atoms with Gasteiger partial charge in [-0.1, -0.05) is 17.7 Å². The van der Waals surface area contributed by atoms with Crippen LogP contribution in [0, 0.1) is 6.92 Å². The maximum Gasteiger partial charge on any atom is 0.131 e. The molecule has 5 heteroatoms. The number of halogens is 1. The molecule has 0 aromatic carbocycles. The van der Waals surface area contributed by atoms with Crippen molar-refractivity contribution < 1.29 is 0 Å². The van der Waals surface area contributed by atoms with Gasteiger partial charge < -0.3 is 10.3 Å². The molecule has 0 fully saturated rings. The second-order valence-corrected chi connectivity index (χ2v) is 3.56. The van der Waals surface area contributed by atoms with Crippen molar-refractivity contribution in [3.8, 4) is 0 Å². The molecule has 0 spiro atoms. The van der Waals surface area contributed by atoms with Crippen molar-refractivity contribution in [1.82, 2.24) is 15.0 Å². The SMILES string of the molecule is Cc1[nH]cnc1CNc1cccc(Cl)n1. The van der Waals surface area contributed by atoms with Gasteiger partial charge in [-0.3, -0.25) is 0 Å². The van der Waals surface area contributed by atoms with Crippen molar-refractivity contribution in [1.29, 1.82) is 0 Å². The number of nitrogens with one attached hydrogen (secondary N) is 2. The Labute approximate surface area is 92.7 Å². The summed E-state index contributed by atoms with van der Waals surface area (Å²) < 4.78 is 0. The minimum atomic E-state index is 0.485. The maximum atomic E-state index is 5.76. The molecule has 78 valence electrons. The zero-order chi connectivity index (χ0) is 10.7. The quantitative estimate of drug-likeness (QED) is 0.784. The van der Waals surface area contributed by atoms with Crippen LogP contribution in [0.4, 0.5) is 5.82 Å². The van der Waals surface area contributed by atoms with E-state index in [9.17, 15) is 0 Å². The van der Waals surface area contributed by atoms with Crippen molar-refractivity contribution in [3.05, 3.63) is 41.1 Å². The van der Waals surface area contributed by atoms with E-state index in [1.54, 1.807) is 12.4 Å². The number of aromatic nitrogens is 3. The minimum Gasteiger partial charge on any atom is -0.364 e. The van der Waals surface area contributed by atoms with E-state index in [0.29, 0.717) is 11.7 Å². The summed E-state index contributed by atoms with van der Waals surface area (Å²) >= 11 is 5.76. The topological polar surface area (TPSA) is 53.6 Å². The van der Waals surface area contributed by atoms with Crippen molar-refractivity contribution >= 4 is 17.4 Å². The molecule has 2 rings (SSSR count). The number of aryl methyl sites for hydroxylation is 1. The van der Waals surface area contributed by atoms with Gasteiger partial charge in [0.15, 0.2) is 0 Å². The van der Waals surface area contributed by atoms with Crippen molar-refractivity contribution in [2.24, 2.45) is 0 Å². The summed E-state index contributed by atoms with van der Waals surface area (Å²) in [6.45, 7) is 2.62. The smallest absolute Gasteiger partial charge is 0.131 e. The van der Waals surface area contributed by atoms with E-state index in [1.165, 1.54) is 0 Å². The molecule has 0 bridgehead atoms. The Bertz CT molecular complexity index is 452. The lowest BCUT2D eigenvalue weighted by Crippen LogP contribution is -2.02. The summed E-state index contributed by atoms with van der Waals surface area (Å²) in [6, 6.07) is 5.47. The molecule has 2 aromatic rings. The van der Waals surface area contributed by atoms with Crippen LogP contribution in [0.15, 0.2) is 24.5 Å². The number of nitrogens with zero attached hydrogens (tertiary/aromatic N) is 2. The number of H-pyrrole nitrogens is 1. The lowest BCUT2D eigenvalue weighted by atomic mass is 10.3. The van der Waals surface area contributed by atoms with Crippen LogP contribution in [0.3, 0.4) is 0 Å². The van der Waals surface area contributed by atoms with Gasteiger partial charge >= 0.3 is 0 Å². The van der Waals surface area contributed by atoms with Gasteiger partial charge in [0.05, 0.1) is 18.6 Å². The third-order valence-corrected chi connectivity index (χ3v) is 2.30. The van der Waals surface area contributed by atoms with Crippen LogP contribution < -0.4 is 5.32 Å². The van der Waals surface area contributed by atoms with E-state index >= 15 is 0 Å². The van der Waals surface area contributed by atoms with Crippen molar-refractivity contribution in [2.45, 2.75) is 13.5 Å². The fraction of sp³-hybridized carbons (Fsp3) is 0.200. The number of pyridine rings is 1. The van der Waals surface area contributed by atoms with Crippen LogP contribution in [-0.2, 0) is 6.54 Å². The van der Waals surface area contributed by atoms with Crippen LogP contribution in [0.25, 0.3) is 0 Å². The monoisotopic (exact) mass is 222 g/mol. The molecule has 0 saturated carbocycles. The summed E-state index contributed by atoms with van der Waals surface area (Å²) in [6.07, 6.45) is 1.68. The first kappa shape index (κ1) is 9.98. The summed E-state index contributed by atoms with van der Waals surface area (Å²) in [7, 11) is 0. The predicted octanol–water partition coefficient (Wildman–Crippen LogP) is 2.38. The first-order valence-electron chi connectivity index (χ1n) is 4.61. The Morgan fingerprint density at radius 1 is 1.47 bits per heavy atom. The molecule has 2 N–H and O–H groups in total. The molecule has 4 nitrogen and oxygen atoms in total. The number of rotatable bonds is 3. The molecule has 0 aliphatic rings. The van der Waals surface area contributed by atoms with E-state index in [1.807, 2.05) is 19.1 Å². The minimum absolute atomic E-state index is 0.485. The number of hydrogen-bond donors (Lipinski definition) is 2. The number of anilines is 1. The molecular weight excluding hydrogens is 212 g/mol. The van der Waals surface area contributed by atoms with Crippen LogP contribution in [-0.4, -0.2) is 15.0 Å². The summed E-state index contributed by atoms with van der Waals surface area (Å²) in [4.78, 5) is 11.3. The average molecular weight is 223 g/mol. The summed E-state index contributed by atoms with van der Waals surface area (Å²) in [5.74, 6) is 0.755. The molecule has 0 unspecified atom stereocenters. The van der Waals surface area contributed by atoms with Gasteiger partial charge in [0, 0.05) is 5.69 Å². The van der Waals surface area contributed by atoms with Crippen molar-refractivity contribution in [3.63, 3.8) is 0 Å². The number of aromatic amines is 1. The Kier molecular flexibility index (Phi) is 2.87. The van der Waals surface area contributed by atoms with E-state index in [2.05, 4.69) is 20.3 Å². The standard InChI is InChI=1S/C10H11ClN4/c1-7-8(14-6-13-7)5-12-10-4-2-3-9(11)15-10/h2-4,6H,5H2,1H3,(H,12,15)(H,13,14). The van der Waals surface area contributed by atoms with E-state index in [4.69, 9.17) is 11.6 Å². The van der Waals surface area contributed by atoms with Gasteiger partial charge in [-0.25, -0.2) is 9.97 Å². The number of hydrogen-bond acceptors (Lipinski definition) is 3. The highest BCUT2D eigenvalue weighted by atomic mass is 35.5. The number of imidazole rings is 1. The highest BCUT2D eigenvalue weighted by Gasteiger charge is 2.01. The largest absolute Gasteiger partial charge is 0.364 e. The molecular formula is C10H11ClN4. The maximum absolute atomic E-state index is 5.76. The van der Waals surface area contributed by atoms with Crippen LogP contribution in [0.5, 0.6) is 0 Å². The van der Waals surface area contributed by atoms with Gasteiger partial charge in [0.2, 0.25) is 0 Å². The molecule has 0 aliphatic carbocycles. The van der Waals surface area contributed by atoms with Gasteiger partial charge in [0.25, 0.3) is 0 Å². The normalized spacial score (nSPS) is 10.3. The fourth-order valence-electron chi connectivity index (χ4n) is 1.25. The second-order valence-electron chi connectivity index (χ2n) is 3.17. The van der Waals surface area contributed by atoms with E-state index in [0.717, 1.165) is 17.2 Å². The third kappa shape index (κ3) is 2.47. The molecule has 2 aromatic heterocycles. The molecule has 0 saturated heterocycles. The van der Waals surface area contributed by atoms with Crippen LogP contribution >= 0.6 is 11.6 Å². The molecule has 2 heterocycles. The average Bonchev–Trinajstić information content (AvgIpc) is 2.61. The predicted molar refractivity (Wildman–Crippen MR) is 59.9 cm³/mol. The Balaban J connectivity index is 2.02. The molecule has 15 heavy (non-hydrogen) atoms. The lowest BCUT2D eigenvalue weighted by Gasteiger charge is -2.03. The van der Waals surface area contributed by atoms with Gasteiger partial charge in [0.1, 0.15) is 11.0 Å². The summed E-state index contributed by atoms with van der Waals surface area (Å²) in [5, 5.41) is 3.64. The molecule has 0 amide bonds.